The number of aryl methyl sites for hydroxylation is 1. The fourth-order valence-corrected chi connectivity index (χ4v) is 2.43. The summed E-state index contributed by atoms with van der Waals surface area (Å²) in [5.74, 6) is -0.409. The first-order chi connectivity index (χ1) is 12.3. The van der Waals surface area contributed by atoms with Gasteiger partial charge in [-0.2, -0.15) is 0 Å². The highest BCUT2D eigenvalue weighted by atomic mass is 16.5. The first-order valence-electron chi connectivity index (χ1n) is 8.05. The van der Waals surface area contributed by atoms with Gasteiger partial charge in [0.15, 0.2) is 11.5 Å². The van der Waals surface area contributed by atoms with Gasteiger partial charge in [-0.25, -0.2) is 0 Å². The summed E-state index contributed by atoms with van der Waals surface area (Å²) in [4.78, 5) is 24.3. The van der Waals surface area contributed by atoms with Crippen molar-refractivity contribution >= 4 is 23.2 Å². The van der Waals surface area contributed by atoms with E-state index in [9.17, 15) is 9.59 Å². The molecule has 4 N–H and O–H groups in total. The number of carbonyl (C=O) groups is 2. The van der Waals surface area contributed by atoms with Crippen LogP contribution in [0.5, 0.6) is 11.5 Å². The Kier molecular flexibility index (Phi) is 6.06. The van der Waals surface area contributed by atoms with E-state index in [0.29, 0.717) is 22.9 Å². The van der Waals surface area contributed by atoms with E-state index in [2.05, 4.69) is 10.6 Å². The minimum atomic E-state index is -0.783. The third-order valence-electron chi connectivity index (χ3n) is 3.92. The molecule has 1 unspecified atom stereocenters. The van der Waals surface area contributed by atoms with Gasteiger partial charge in [-0.15, -0.1) is 0 Å². The highest BCUT2D eigenvalue weighted by Crippen LogP contribution is 2.29. The number of amides is 2. The predicted octanol–water partition coefficient (Wildman–Crippen LogP) is 2.41. The molecule has 0 aliphatic heterocycles. The van der Waals surface area contributed by atoms with Crippen molar-refractivity contribution in [3.63, 3.8) is 0 Å². The number of carbonyl (C=O) groups excluding carboxylic acids is 2. The van der Waals surface area contributed by atoms with E-state index in [1.807, 2.05) is 13.0 Å². The number of ether oxygens (including phenoxy) is 2. The number of nitrogen functional groups attached to an aromatic ring is 1. The van der Waals surface area contributed by atoms with Crippen LogP contribution < -0.4 is 25.8 Å². The van der Waals surface area contributed by atoms with E-state index in [-0.39, 0.29) is 0 Å². The molecule has 0 aliphatic carbocycles. The Bertz CT molecular complexity index is 820. The van der Waals surface area contributed by atoms with E-state index in [1.165, 1.54) is 7.11 Å². The van der Waals surface area contributed by atoms with Crippen LogP contribution in [-0.2, 0) is 9.59 Å². The van der Waals surface area contributed by atoms with Crippen molar-refractivity contribution in [1.82, 2.24) is 5.32 Å². The van der Waals surface area contributed by atoms with Gasteiger partial charge in [0.2, 0.25) is 0 Å². The average molecular weight is 357 g/mol. The lowest BCUT2D eigenvalue weighted by Gasteiger charge is -2.16. The summed E-state index contributed by atoms with van der Waals surface area (Å²) >= 11 is 0. The monoisotopic (exact) mass is 357 g/mol. The van der Waals surface area contributed by atoms with Crippen LogP contribution in [0.15, 0.2) is 36.4 Å². The van der Waals surface area contributed by atoms with Gasteiger partial charge in [0.05, 0.1) is 31.6 Å². The van der Waals surface area contributed by atoms with E-state index in [4.69, 9.17) is 15.2 Å². The second-order valence-corrected chi connectivity index (χ2v) is 5.85. The second-order valence-electron chi connectivity index (χ2n) is 5.85. The number of rotatable bonds is 5. The molecule has 0 bridgehead atoms. The van der Waals surface area contributed by atoms with Gasteiger partial charge < -0.3 is 25.8 Å². The number of nitrogens with one attached hydrogen (secondary N) is 2. The lowest BCUT2D eigenvalue weighted by molar-refractivity contribution is -0.136. The smallest absolute Gasteiger partial charge is 0.313 e. The molecule has 0 aliphatic rings. The van der Waals surface area contributed by atoms with E-state index < -0.39 is 17.9 Å². The maximum atomic E-state index is 12.2. The first-order valence-corrected chi connectivity index (χ1v) is 8.05. The van der Waals surface area contributed by atoms with Crippen LogP contribution in [0.3, 0.4) is 0 Å². The number of benzene rings is 2. The SMILES string of the molecule is COc1ccc(C(C)NC(=O)C(=O)Nc2cc(C)ccc2N)cc1OC. The summed E-state index contributed by atoms with van der Waals surface area (Å²) in [7, 11) is 3.08. The van der Waals surface area contributed by atoms with Crippen molar-refractivity contribution in [3.8, 4) is 11.5 Å². The standard InChI is InChI=1S/C19H23N3O4/c1-11-5-7-14(20)15(9-11)22-19(24)18(23)21-12(2)13-6-8-16(25-3)17(10-13)26-4/h5-10,12H,20H2,1-4H3,(H,21,23)(H,22,24). The fraction of sp³-hybridized carbons (Fsp3) is 0.263. The van der Waals surface area contributed by atoms with Gasteiger partial charge in [-0.05, 0) is 49.2 Å². The number of hydrogen-bond donors (Lipinski definition) is 3. The number of methoxy groups -OCH3 is 2. The van der Waals surface area contributed by atoms with Crippen LogP contribution in [0.2, 0.25) is 0 Å². The van der Waals surface area contributed by atoms with Crippen LogP contribution in [-0.4, -0.2) is 26.0 Å². The molecule has 0 spiro atoms. The van der Waals surface area contributed by atoms with Crippen LogP contribution in [0, 0.1) is 6.92 Å². The second kappa shape index (κ2) is 8.24. The lowest BCUT2D eigenvalue weighted by atomic mass is 10.1. The third-order valence-corrected chi connectivity index (χ3v) is 3.92. The molecule has 0 saturated carbocycles. The minimum Gasteiger partial charge on any atom is -0.493 e. The van der Waals surface area contributed by atoms with Gasteiger partial charge in [0.1, 0.15) is 0 Å². The molecule has 2 rings (SSSR count). The van der Waals surface area contributed by atoms with Crippen molar-refractivity contribution in [1.29, 1.82) is 0 Å². The summed E-state index contributed by atoms with van der Waals surface area (Å²) in [6.45, 7) is 3.64. The highest BCUT2D eigenvalue weighted by Gasteiger charge is 2.19. The fourth-order valence-electron chi connectivity index (χ4n) is 2.43. The molecular formula is C19H23N3O4. The van der Waals surface area contributed by atoms with Gasteiger partial charge in [-0.1, -0.05) is 12.1 Å². The van der Waals surface area contributed by atoms with Crippen LogP contribution in [0.4, 0.5) is 11.4 Å². The first kappa shape index (κ1) is 19.1. The molecule has 7 nitrogen and oxygen atoms in total. The summed E-state index contributed by atoms with van der Waals surface area (Å²) < 4.78 is 10.4. The third kappa shape index (κ3) is 4.44. The van der Waals surface area contributed by atoms with Gasteiger partial charge in [0, 0.05) is 0 Å². The van der Waals surface area contributed by atoms with Crippen LogP contribution in [0.25, 0.3) is 0 Å². The Morgan fingerprint density at radius 1 is 1.00 bits per heavy atom. The number of hydrogen-bond acceptors (Lipinski definition) is 5. The number of anilines is 2. The normalized spacial score (nSPS) is 11.4. The topological polar surface area (TPSA) is 103 Å². The zero-order valence-electron chi connectivity index (χ0n) is 15.3. The minimum absolute atomic E-state index is 0.393. The molecular weight excluding hydrogens is 334 g/mol. The van der Waals surface area contributed by atoms with E-state index in [1.54, 1.807) is 44.4 Å². The maximum absolute atomic E-state index is 12.2. The van der Waals surface area contributed by atoms with Crippen molar-refractivity contribution < 1.29 is 19.1 Å². The molecule has 0 saturated heterocycles. The Labute approximate surface area is 152 Å². The van der Waals surface area contributed by atoms with E-state index >= 15 is 0 Å². The Morgan fingerprint density at radius 2 is 1.69 bits per heavy atom. The number of nitrogens with two attached hydrogens (primary N) is 1. The van der Waals surface area contributed by atoms with Crippen molar-refractivity contribution in [2.45, 2.75) is 19.9 Å². The van der Waals surface area contributed by atoms with Gasteiger partial charge >= 0.3 is 11.8 Å². The maximum Gasteiger partial charge on any atom is 0.313 e. The lowest BCUT2D eigenvalue weighted by Crippen LogP contribution is -2.37. The molecule has 0 fully saturated rings. The zero-order chi connectivity index (χ0) is 19.3. The summed E-state index contributed by atoms with van der Waals surface area (Å²) in [5.41, 5.74) is 8.32. The van der Waals surface area contributed by atoms with Gasteiger partial charge in [-0.3, -0.25) is 9.59 Å². The van der Waals surface area contributed by atoms with Crippen molar-refractivity contribution in [2.24, 2.45) is 0 Å². The molecule has 7 heteroatoms. The summed E-state index contributed by atoms with van der Waals surface area (Å²) in [6, 6.07) is 10.1. The Hall–Kier alpha value is -3.22. The molecule has 138 valence electrons. The summed E-state index contributed by atoms with van der Waals surface area (Å²) in [6.07, 6.45) is 0. The van der Waals surface area contributed by atoms with E-state index in [0.717, 1.165) is 11.1 Å². The molecule has 2 aromatic rings. The zero-order valence-corrected chi connectivity index (χ0v) is 15.3. The van der Waals surface area contributed by atoms with Crippen LogP contribution >= 0.6 is 0 Å². The largest absolute Gasteiger partial charge is 0.493 e. The molecule has 26 heavy (non-hydrogen) atoms. The molecule has 2 amide bonds. The quantitative estimate of drug-likeness (QED) is 0.563. The predicted molar refractivity (Wildman–Crippen MR) is 100 cm³/mol. The van der Waals surface area contributed by atoms with Crippen LogP contribution in [0.1, 0.15) is 24.1 Å². The molecule has 0 aromatic heterocycles. The molecule has 2 aromatic carbocycles. The Balaban J connectivity index is 2.06. The van der Waals surface area contributed by atoms with Crippen molar-refractivity contribution in [3.05, 3.63) is 47.5 Å². The van der Waals surface area contributed by atoms with Crippen molar-refractivity contribution in [2.75, 3.05) is 25.3 Å². The summed E-state index contributed by atoms with van der Waals surface area (Å²) in [5, 5.41) is 5.18. The van der Waals surface area contributed by atoms with Gasteiger partial charge in [0.25, 0.3) is 0 Å². The highest BCUT2D eigenvalue weighted by molar-refractivity contribution is 6.40. The Morgan fingerprint density at radius 3 is 2.35 bits per heavy atom. The molecule has 0 heterocycles. The molecule has 1 atom stereocenters. The average Bonchev–Trinajstić information content (AvgIpc) is 2.63. The molecule has 0 radical (unpaired) electrons.